The third-order valence-electron chi connectivity index (χ3n) is 5.07. The molecule has 11 heteroatoms. The van der Waals surface area contributed by atoms with E-state index in [0.717, 1.165) is 35.4 Å². The highest BCUT2D eigenvalue weighted by Gasteiger charge is 2.25. The smallest absolute Gasteiger partial charge is 0.291 e. The number of aromatic nitrogens is 5. The van der Waals surface area contributed by atoms with Crippen LogP contribution in [0, 0.1) is 5.82 Å². The quantitative estimate of drug-likeness (QED) is 0.328. The first-order valence-electron chi connectivity index (χ1n) is 10.1. The van der Waals surface area contributed by atoms with Gasteiger partial charge in [-0.1, -0.05) is 43.7 Å². The highest BCUT2D eigenvalue weighted by atomic mass is 127. The van der Waals surface area contributed by atoms with Crippen molar-refractivity contribution >= 4 is 45.7 Å². The summed E-state index contributed by atoms with van der Waals surface area (Å²) in [4.78, 5) is 14.3. The van der Waals surface area contributed by atoms with Crippen LogP contribution in [0.2, 0.25) is 5.02 Å². The van der Waals surface area contributed by atoms with Crippen LogP contribution in [-0.4, -0.2) is 31.1 Å². The van der Waals surface area contributed by atoms with Crippen LogP contribution >= 0.6 is 40.0 Å². The van der Waals surface area contributed by atoms with Crippen LogP contribution < -0.4 is 10.5 Å². The molecule has 0 amide bonds. The summed E-state index contributed by atoms with van der Waals surface area (Å²) < 4.78 is 16.8. The third-order valence-corrected chi connectivity index (χ3v) is 7.27. The summed E-state index contributed by atoms with van der Waals surface area (Å²) >= 11 is 8.41. The van der Waals surface area contributed by atoms with Crippen molar-refractivity contribution in [2.45, 2.75) is 46.7 Å². The Labute approximate surface area is 200 Å². The fourth-order valence-electron chi connectivity index (χ4n) is 3.54. The van der Waals surface area contributed by atoms with E-state index in [1.807, 2.05) is 36.4 Å². The molecule has 0 spiro atoms. The lowest BCUT2D eigenvalue weighted by Gasteiger charge is -2.28. The van der Waals surface area contributed by atoms with E-state index >= 15 is 0 Å². The van der Waals surface area contributed by atoms with Gasteiger partial charge in [-0.05, 0) is 51.7 Å². The maximum absolute atomic E-state index is 13.5. The zero-order valence-corrected chi connectivity index (χ0v) is 21.5. The Morgan fingerprint density at radius 3 is 2.77 bits per heavy atom. The normalized spacial score (nSPS) is 13.3. The number of halogens is 3. The van der Waals surface area contributed by atoms with E-state index in [9.17, 15) is 9.18 Å². The van der Waals surface area contributed by atoms with Crippen molar-refractivity contribution in [3.63, 3.8) is 0 Å². The highest BCUT2D eigenvalue weighted by molar-refractivity contribution is 14.2. The Balaban J connectivity index is 0.00000132. The van der Waals surface area contributed by atoms with Crippen molar-refractivity contribution < 1.29 is 4.39 Å². The van der Waals surface area contributed by atoms with Gasteiger partial charge in [-0.3, -0.25) is 4.79 Å². The number of anilines is 1. The topological polar surface area (TPSA) is 68.8 Å². The number of hydrogen-bond donors (Lipinski definition) is 0. The molecule has 7 nitrogen and oxygen atoms in total. The van der Waals surface area contributed by atoms with Gasteiger partial charge in [-0.25, -0.2) is 13.5 Å². The zero-order valence-electron chi connectivity index (χ0n) is 17.6. The van der Waals surface area contributed by atoms with Crippen LogP contribution in [0.1, 0.15) is 43.3 Å². The molecule has 0 fully saturated rings. The first-order chi connectivity index (χ1) is 15.0. The predicted molar refractivity (Wildman–Crippen MR) is 132 cm³/mol. The molecule has 1 aliphatic heterocycles. The largest absolute Gasteiger partial charge is 0.362 e. The number of hydrogen-bond acceptors (Lipinski definition) is 5. The maximum Gasteiger partial charge on any atom is 0.291 e. The van der Waals surface area contributed by atoms with E-state index in [4.69, 9.17) is 11.6 Å². The van der Waals surface area contributed by atoms with Gasteiger partial charge in [0.1, 0.15) is 16.5 Å². The van der Waals surface area contributed by atoms with Gasteiger partial charge in [0, 0.05) is 13.0 Å². The average Bonchev–Trinajstić information content (AvgIpc) is 3.20. The molecule has 3 heterocycles. The summed E-state index contributed by atoms with van der Waals surface area (Å²) in [7, 11) is 0. The van der Waals surface area contributed by atoms with Gasteiger partial charge in [-0.2, -0.15) is 5.10 Å². The Hall–Kier alpha value is -1.58. The van der Waals surface area contributed by atoms with Gasteiger partial charge in [-0.15, -0.1) is 5.10 Å². The zero-order chi connectivity index (χ0) is 22.5. The van der Waals surface area contributed by atoms with Crippen LogP contribution in [0.5, 0.6) is 0 Å². The monoisotopic (exact) mass is 576 g/mol. The molecule has 0 bridgehead atoms. The third kappa shape index (κ3) is 5.09. The lowest BCUT2D eigenvalue weighted by Crippen LogP contribution is -2.33. The molecule has 166 valence electrons. The predicted octanol–water partition coefficient (Wildman–Crippen LogP) is 4.62. The first kappa shape index (κ1) is 24.1. The summed E-state index contributed by atoms with van der Waals surface area (Å²) in [5, 5.41) is 13.0. The average molecular weight is 577 g/mol. The van der Waals surface area contributed by atoms with Gasteiger partial charge in [0.15, 0.2) is 0 Å². The lowest BCUT2D eigenvalue weighted by molar-refractivity contribution is 0.597. The molecular formula is C20H24ClFIN6OP. The molecule has 2 aromatic heterocycles. The van der Waals surface area contributed by atoms with Crippen molar-refractivity contribution in [3.8, 4) is 0 Å². The van der Waals surface area contributed by atoms with Crippen LogP contribution in [0.4, 0.5) is 10.1 Å². The molecule has 1 unspecified atom stereocenters. The molecule has 31 heavy (non-hydrogen) atoms. The molecule has 0 radical (unpaired) electrons. The summed E-state index contributed by atoms with van der Waals surface area (Å²) in [6.45, 7) is 7.76. The van der Waals surface area contributed by atoms with E-state index in [-0.39, 0.29) is 22.8 Å². The molecule has 4 rings (SSSR count). The standard InChI is InChI=1S/C18H18ClFIN6OP.C2H6/c1-2-11-7-13(20)4-3-12(11)9-26-15-5-6-25(10-14(15)23-24-26)16-8-22-27(29-21)18(28)17(16)19;1-2/h3-4,7-8,29H,2,5-6,9-10H2,1H3;1-2H3. The Morgan fingerprint density at radius 1 is 1.29 bits per heavy atom. The fourth-order valence-corrected chi connectivity index (χ4v) is 5.18. The molecule has 0 saturated carbocycles. The second kappa shape index (κ2) is 10.8. The Morgan fingerprint density at radius 2 is 2.06 bits per heavy atom. The van der Waals surface area contributed by atoms with Gasteiger partial charge < -0.3 is 4.90 Å². The lowest BCUT2D eigenvalue weighted by atomic mass is 10.0. The molecule has 1 aliphatic rings. The van der Waals surface area contributed by atoms with Gasteiger partial charge in [0.25, 0.3) is 5.56 Å². The number of fused-ring (bicyclic) bond motifs is 1. The van der Waals surface area contributed by atoms with Gasteiger partial charge >= 0.3 is 0 Å². The van der Waals surface area contributed by atoms with E-state index < -0.39 is 0 Å². The number of nitrogens with zero attached hydrogens (tertiary/aromatic N) is 6. The number of aryl methyl sites for hydroxylation is 1. The second-order valence-electron chi connectivity index (χ2n) is 6.72. The van der Waals surface area contributed by atoms with Crippen molar-refractivity contribution in [3.05, 3.63) is 68.1 Å². The highest BCUT2D eigenvalue weighted by Crippen LogP contribution is 2.29. The Kier molecular flexibility index (Phi) is 8.41. The van der Waals surface area contributed by atoms with Crippen LogP contribution in [-0.2, 0) is 25.9 Å². The fraction of sp³-hybridized carbons (Fsp3) is 0.400. The van der Waals surface area contributed by atoms with Crippen LogP contribution in [0.15, 0.2) is 29.2 Å². The van der Waals surface area contributed by atoms with Gasteiger partial charge in [0.2, 0.25) is 0 Å². The van der Waals surface area contributed by atoms with E-state index in [1.54, 1.807) is 12.3 Å². The second-order valence-corrected chi connectivity index (χ2v) is 9.14. The summed E-state index contributed by atoms with van der Waals surface area (Å²) in [5.41, 5.74) is 4.26. The maximum atomic E-state index is 13.5. The van der Waals surface area contributed by atoms with E-state index in [0.29, 0.717) is 25.3 Å². The minimum atomic E-state index is -0.283. The summed E-state index contributed by atoms with van der Waals surface area (Å²) in [6.07, 6.45) is 3.31. The number of rotatable bonds is 5. The number of benzene rings is 1. The van der Waals surface area contributed by atoms with Crippen LogP contribution in [0.3, 0.4) is 0 Å². The minimum absolute atomic E-state index is 0.180. The van der Waals surface area contributed by atoms with Crippen molar-refractivity contribution in [1.29, 1.82) is 0 Å². The van der Waals surface area contributed by atoms with Crippen LogP contribution in [0.25, 0.3) is 0 Å². The molecular weight excluding hydrogens is 553 g/mol. The van der Waals surface area contributed by atoms with E-state index in [2.05, 4.69) is 37.5 Å². The SMILES string of the molecule is CC.CCc1cc(F)ccc1Cn1nnc2c1CCN(c1cnn(PI)c(=O)c1Cl)C2. The first-order valence-corrected chi connectivity index (χ1v) is 14.5. The minimum Gasteiger partial charge on any atom is -0.362 e. The molecule has 1 aromatic carbocycles. The van der Waals surface area contributed by atoms with E-state index in [1.165, 1.54) is 10.5 Å². The van der Waals surface area contributed by atoms with Crippen molar-refractivity contribution in [1.82, 2.24) is 24.5 Å². The van der Waals surface area contributed by atoms with Crippen molar-refractivity contribution in [2.24, 2.45) is 0 Å². The Bertz CT molecular complexity index is 1120. The molecule has 3 aromatic rings. The summed E-state index contributed by atoms with van der Waals surface area (Å²) in [6, 6.07) is 4.87. The molecule has 0 saturated heterocycles. The molecule has 0 aliphatic carbocycles. The summed E-state index contributed by atoms with van der Waals surface area (Å²) in [5.74, 6) is -0.225. The molecule has 1 atom stereocenters. The van der Waals surface area contributed by atoms with Gasteiger partial charge in [0.05, 0.1) is 37.0 Å². The van der Waals surface area contributed by atoms with Crippen molar-refractivity contribution in [2.75, 3.05) is 11.4 Å². The molecule has 0 N–H and O–H groups in total.